The van der Waals surface area contributed by atoms with Crippen molar-refractivity contribution < 1.29 is 9.84 Å². The van der Waals surface area contributed by atoms with Crippen molar-refractivity contribution in [3.63, 3.8) is 0 Å². The summed E-state index contributed by atoms with van der Waals surface area (Å²) < 4.78 is 5.51. The molecule has 3 N–H and O–H groups in total. The van der Waals surface area contributed by atoms with E-state index >= 15 is 0 Å². The minimum atomic E-state index is 0.138. The van der Waals surface area contributed by atoms with Gasteiger partial charge in [-0.25, -0.2) is 4.98 Å². The number of aliphatic hydroxyl groups is 1. The van der Waals surface area contributed by atoms with Crippen molar-refractivity contribution in [2.75, 3.05) is 24.7 Å². The molecule has 1 aromatic heterocycles. The van der Waals surface area contributed by atoms with Gasteiger partial charge in [0.25, 0.3) is 0 Å². The van der Waals surface area contributed by atoms with Crippen LogP contribution in [-0.2, 0) is 0 Å². The van der Waals surface area contributed by atoms with Crippen LogP contribution in [0.4, 0.5) is 5.69 Å². The fourth-order valence-electron chi connectivity index (χ4n) is 1.03. The highest BCUT2D eigenvalue weighted by Gasteiger charge is 2.05. The number of nitrogen functional groups attached to an aromatic ring is 1. The SMILES string of the molecule is CC(C)COc1nc(SCCO)ccc1N. The lowest BCUT2D eigenvalue weighted by Crippen LogP contribution is -2.07. The molecule has 16 heavy (non-hydrogen) atoms. The van der Waals surface area contributed by atoms with Crippen LogP contribution in [0.2, 0.25) is 0 Å². The molecule has 4 nitrogen and oxygen atoms in total. The third kappa shape index (κ3) is 4.28. The first-order valence-corrected chi connectivity index (χ1v) is 6.25. The normalized spacial score (nSPS) is 10.8. The highest BCUT2D eigenvalue weighted by atomic mass is 32.2. The molecule has 0 fully saturated rings. The lowest BCUT2D eigenvalue weighted by Gasteiger charge is -2.10. The highest BCUT2D eigenvalue weighted by Crippen LogP contribution is 2.24. The van der Waals surface area contributed by atoms with Crippen LogP contribution in [0.25, 0.3) is 0 Å². The smallest absolute Gasteiger partial charge is 0.238 e. The summed E-state index contributed by atoms with van der Waals surface area (Å²) in [6.45, 7) is 4.88. The van der Waals surface area contributed by atoms with Crippen molar-refractivity contribution >= 4 is 17.4 Å². The second-order valence-corrected chi connectivity index (χ2v) is 4.94. The predicted octanol–water partition coefficient (Wildman–Crippen LogP) is 1.78. The van der Waals surface area contributed by atoms with E-state index in [9.17, 15) is 0 Å². The summed E-state index contributed by atoms with van der Waals surface area (Å²) >= 11 is 1.48. The summed E-state index contributed by atoms with van der Waals surface area (Å²) in [6.07, 6.45) is 0. The Balaban J connectivity index is 2.66. The third-order valence-corrected chi connectivity index (χ3v) is 2.67. The number of rotatable bonds is 6. The molecule has 0 aliphatic carbocycles. The number of nitrogens with two attached hydrogens (primary N) is 1. The summed E-state index contributed by atoms with van der Waals surface area (Å²) in [5, 5.41) is 9.54. The maximum Gasteiger partial charge on any atom is 0.238 e. The Bertz CT molecular complexity index is 332. The molecule has 0 aromatic carbocycles. The van der Waals surface area contributed by atoms with Gasteiger partial charge in [0.05, 0.1) is 18.9 Å². The van der Waals surface area contributed by atoms with Crippen LogP contribution in [0, 0.1) is 5.92 Å². The van der Waals surface area contributed by atoms with Crippen molar-refractivity contribution in [1.82, 2.24) is 4.98 Å². The zero-order valence-electron chi connectivity index (χ0n) is 9.64. The fraction of sp³-hybridized carbons (Fsp3) is 0.545. The van der Waals surface area contributed by atoms with Gasteiger partial charge >= 0.3 is 0 Å². The first-order chi connectivity index (χ1) is 7.63. The van der Waals surface area contributed by atoms with E-state index in [1.807, 2.05) is 6.07 Å². The first-order valence-electron chi connectivity index (χ1n) is 5.26. The van der Waals surface area contributed by atoms with Crippen molar-refractivity contribution in [1.29, 1.82) is 0 Å². The van der Waals surface area contributed by atoms with E-state index in [4.69, 9.17) is 15.6 Å². The number of aromatic nitrogens is 1. The summed E-state index contributed by atoms with van der Waals surface area (Å²) in [4.78, 5) is 4.29. The largest absolute Gasteiger partial charge is 0.476 e. The van der Waals surface area contributed by atoms with Gasteiger partial charge in [-0.3, -0.25) is 0 Å². The number of thioether (sulfide) groups is 1. The van der Waals surface area contributed by atoms with Gasteiger partial charge < -0.3 is 15.6 Å². The molecule has 90 valence electrons. The van der Waals surface area contributed by atoms with Crippen LogP contribution in [0.15, 0.2) is 17.2 Å². The molecule has 0 saturated carbocycles. The molecule has 0 atom stereocenters. The maximum atomic E-state index is 8.72. The molecule has 0 aliphatic heterocycles. The van der Waals surface area contributed by atoms with Crippen LogP contribution < -0.4 is 10.5 Å². The van der Waals surface area contributed by atoms with Crippen LogP contribution in [0.3, 0.4) is 0 Å². The van der Waals surface area contributed by atoms with Crippen LogP contribution in [0.5, 0.6) is 5.88 Å². The maximum absolute atomic E-state index is 8.72. The van der Waals surface area contributed by atoms with E-state index in [0.717, 1.165) is 5.03 Å². The molecule has 0 spiro atoms. The van der Waals surface area contributed by atoms with Gasteiger partial charge in [-0.1, -0.05) is 13.8 Å². The molecule has 0 unspecified atom stereocenters. The molecule has 0 radical (unpaired) electrons. The van der Waals surface area contributed by atoms with Crippen LogP contribution in [0.1, 0.15) is 13.8 Å². The fourth-order valence-corrected chi connectivity index (χ4v) is 1.64. The minimum absolute atomic E-state index is 0.138. The number of aliphatic hydroxyl groups excluding tert-OH is 1. The molecule has 0 saturated heterocycles. The summed E-state index contributed by atoms with van der Waals surface area (Å²) in [5.41, 5.74) is 6.31. The molecule has 5 heteroatoms. The number of nitrogens with zero attached hydrogens (tertiary/aromatic N) is 1. The van der Waals surface area contributed by atoms with E-state index < -0.39 is 0 Å². The Kier molecular flexibility index (Phi) is 5.42. The number of anilines is 1. The van der Waals surface area contributed by atoms with E-state index in [2.05, 4.69) is 18.8 Å². The van der Waals surface area contributed by atoms with Crippen molar-refractivity contribution in [2.45, 2.75) is 18.9 Å². The number of pyridine rings is 1. The van der Waals surface area contributed by atoms with Crippen molar-refractivity contribution in [3.05, 3.63) is 12.1 Å². The Morgan fingerprint density at radius 2 is 2.25 bits per heavy atom. The molecule has 1 rings (SSSR count). The third-order valence-electron chi connectivity index (χ3n) is 1.76. The second-order valence-electron chi connectivity index (χ2n) is 3.82. The molecular formula is C11H18N2O2S. The van der Waals surface area contributed by atoms with Gasteiger partial charge in [-0.05, 0) is 18.1 Å². The highest BCUT2D eigenvalue weighted by molar-refractivity contribution is 7.99. The quantitative estimate of drug-likeness (QED) is 0.744. The van der Waals surface area contributed by atoms with E-state index in [1.54, 1.807) is 6.07 Å². The Morgan fingerprint density at radius 1 is 1.50 bits per heavy atom. The zero-order valence-corrected chi connectivity index (χ0v) is 10.5. The van der Waals surface area contributed by atoms with E-state index in [0.29, 0.717) is 29.8 Å². The van der Waals surface area contributed by atoms with Gasteiger partial charge in [-0.15, -0.1) is 11.8 Å². The lowest BCUT2D eigenvalue weighted by atomic mass is 10.2. The van der Waals surface area contributed by atoms with Gasteiger partial charge in [0.1, 0.15) is 5.03 Å². The average Bonchev–Trinajstić information content (AvgIpc) is 2.26. The summed E-state index contributed by atoms with van der Waals surface area (Å²) in [6, 6.07) is 3.61. The zero-order chi connectivity index (χ0) is 12.0. The van der Waals surface area contributed by atoms with E-state index in [1.165, 1.54) is 11.8 Å². The number of hydrogen-bond donors (Lipinski definition) is 2. The van der Waals surface area contributed by atoms with Gasteiger partial charge in [0, 0.05) is 5.75 Å². The molecule has 0 amide bonds. The van der Waals surface area contributed by atoms with Gasteiger partial charge in [-0.2, -0.15) is 0 Å². The molecule has 0 bridgehead atoms. The lowest BCUT2D eigenvalue weighted by molar-refractivity contribution is 0.261. The second kappa shape index (κ2) is 6.60. The number of hydrogen-bond acceptors (Lipinski definition) is 5. The van der Waals surface area contributed by atoms with Gasteiger partial charge in [0.15, 0.2) is 0 Å². The first kappa shape index (κ1) is 13.1. The summed E-state index contributed by atoms with van der Waals surface area (Å²) in [7, 11) is 0. The van der Waals surface area contributed by atoms with E-state index in [-0.39, 0.29) is 6.61 Å². The Hall–Kier alpha value is -0.940. The van der Waals surface area contributed by atoms with Crippen LogP contribution in [-0.4, -0.2) is 29.1 Å². The van der Waals surface area contributed by atoms with Crippen LogP contribution >= 0.6 is 11.8 Å². The average molecular weight is 242 g/mol. The molecule has 1 heterocycles. The molecule has 1 aromatic rings. The topological polar surface area (TPSA) is 68.4 Å². The monoisotopic (exact) mass is 242 g/mol. The minimum Gasteiger partial charge on any atom is -0.476 e. The summed E-state index contributed by atoms with van der Waals surface area (Å²) in [5.74, 6) is 1.55. The van der Waals surface area contributed by atoms with Crippen molar-refractivity contribution in [2.24, 2.45) is 5.92 Å². The number of ether oxygens (including phenoxy) is 1. The standard InChI is InChI=1S/C11H18N2O2S/c1-8(2)7-15-11-9(12)3-4-10(13-11)16-6-5-14/h3-4,8,14H,5-7,12H2,1-2H3. The predicted molar refractivity (Wildman–Crippen MR) is 66.8 cm³/mol. The molecule has 0 aliphatic rings. The Morgan fingerprint density at radius 3 is 2.88 bits per heavy atom. The Labute approximate surface area is 100 Å². The van der Waals surface area contributed by atoms with Crippen molar-refractivity contribution in [3.8, 4) is 5.88 Å². The van der Waals surface area contributed by atoms with Gasteiger partial charge in [0.2, 0.25) is 5.88 Å². The molecular weight excluding hydrogens is 224 g/mol.